The number of amides is 1. The predicted octanol–water partition coefficient (Wildman–Crippen LogP) is 2.04. The zero-order valence-electron chi connectivity index (χ0n) is 11.5. The maximum atomic E-state index is 11.9. The Hall–Kier alpha value is -2.57. The van der Waals surface area contributed by atoms with Crippen LogP contribution >= 0.6 is 0 Å². The fraction of sp³-hybridized carbons (Fsp3) is 0.357. The van der Waals surface area contributed by atoms with E-state index < -0.39 is 5.97 Å². The largest absolute Gasteiger partial charge is 0.481 e. The Bertz CT molecular complexity index is 589. The highest BCUT2D eigenvalue weighted by Crippen LogP contribution is 2.17. The van der Waals surface area contributed by atoms with Crippen LogP contribution in [0.3, 0.4) is 0 Å². The summed E-state index contributed by atoms with van der Waals surface area (Å²) >= 11 is 0. The number of nitrogens with zero attached hydrogens (tertiary/aromatic N) is 1. The number of aliphatic carboxylic acids is 1. The maximum Gasteiger partial charge on any atom is 0.303 e. The molecule has 21 heavy (non-hydrogen) atoms. The van der Waals surface area contributed by atoms with Gasteiger partial charge in [-0.2, -0.15) is 5.10 Å². The molecule has 2 aromatic rings. The van der Waals surface area contributed by atoms with Crippen molar-refractivity contribution in [2.24, 2.45) is 0 Å². The van der Waals surface area contributed by atoms with Crippen LogP contribution in [0.2, 0.25) is 0 Å². The summed E-state index contributed by atoms with van der Waals surface area (Å²) in [5.74, 6) is -0.432. The number of unbranched alkanes of at least 4 members (excludes halogenated alkanes) is 2. The van der Waals surface area contributed by atoms with Gasteiger partial charge in [-0.1, -0.05) is 6.42 Å². The third-order valence-corrected chi connectivity index (χ3v) is 2.95. The Balaban J connectivity index is 1.73. The molecule has 1 amide bonds. The molecule has 0 saturated heterocycles. The van der Waals surface area contributed by atoms with E-state index in [2.05, 4.69) is 15.5 Å². The lowest BCUT2D eigenvalue weighted by molar-refractivity contribution is -0.137. The summed E-state index contributed by atoms with van der Waals surface area (Å²) in [6, 6.07) is 5.16. The first-order valence-electron chi connectivity index (χ1n) is 6.76. The van der Waals surface area contributed by atoms with Gasteiger partial charge in [-0.05, 0) is 25.0 Å². The summed E-state index contributed by atoms with van der Waals surface area (Å²) in [6.45, 7) is 0.501. The van der Waals surface area contributed by atoms with Gasteiger partial charge in [0.1, 0.15) is 5.69 Å². The smallest absolute Gasteiger partial charge is 0.303 e. The quantitative estimate of drug-likeness (QED) is 0.645. The second kappa shape index (κ2) is 7.28. The van der Waals surface area contributed by atoms with Crippen molar-refractivity contribution >= 4 is 11.9 Å². The van der Waals surface area contributed by atoms with E-state index in [1.165, 1.54) is 0 Å². The number of H-pyrrole nitrogens is 1. The van der Waals surface area contributed by atoms with Gasteiger partial charge >= 0.3 is 5.97 Å². The summed E-state index contributed by atoms with van der Waals surface area (Å²) < 4.78 is 5.21. The van der Waals surface area contributed by atoms with Crippen LogP contribution in [0.4, 0.5) is 0 Å². The zero-order chi connectivity index (χ0) is 15.1. The molecule has 0 spiro atoms. The van der Waals surface area contributed by atoms with Crippen LogP contribution < -0.4 is 5.32 Å². The molecule has 7 nitrogen and oxygen atoms in total. The SMILES string of the molecule is O=C(O)CCCCCNC(=O)c1cc(-c2ccco2)[nH]n1. The van der Waals surface area contributed by atoms with Crippen LogP contribution in [0.1, 0.15) is 36.2 Å². The van der Waals surface area contributed by atoms with Crippen LogP contribution in [0.5, 0.6) is 0 Å². The van der Waals surface area contributed by atoms with E-state index in [0.29, 0.717) is 30.1 Å². The second-order valence-corrected chi connectivity index (χ2v) is 4.60. The van der Waals surface area contributed by atoms with E-state index in [1.807, 2.05) is 0 Å². The first-order chi connectivity index (χ1) is 10.2. The molecule has 0 atom stereocenters. The standard InChI is InChI=1S/C14H17N3O4/c18-13(19)6-2-1-3-7-15-14(20)11-9-10(16-17-11)12-5-4-8-21-12/h4-5,8-9H,1-3,6-7H2,(H,15,20)(H,16,17)(H,18,19). The molecule has 2 heterocycles. The lowest BCUT2D eigenvalue weighted by Crippen LogP contribution is -2.24. The van der Waals surface area contributed by atoms with Gasteiger partial charge in [0.15, 0.2) is 11.5 Å². The predicted molar refractivity (Wildman–Crippen MR) is 74.7 cm³/mol. The normalized spacial score (nSPS) is 10.5. The minimum absolute atomic E-state index is 0.166. The Labute approximate surface area is 121 Å². The number of aromatic amines is 1. The number of carboxylic acid groups (broad SMARTS) is 1. The first-order valence-corrected chi connectivity index (χ1v) is 6.76. The van der Waals surface area contributed by atoms with Gasteiger partial charge in [-0.25, -0.2) is 0 Å². The molecular weight excluding hydrogens is 274 g/mol. The lowest BCUT2D eigenvalue weighted by atomic mass is 10.2. The lowest BCUT2D eigenvalue weighted by Gasteiger charge is -2.02. The molecule has 0 fully saturated rings. The van der Waals surface area contributed by atoms with Gasteiger partial charge in [0.25, 0.3) is 5.91 Å². The molecule has 0 aliphatic carbocycles. The number of carbonyl (C=O) groups excluding carboxylic acids is 1. The van der Waals surface area contributed by atoms with Crippen molar-refractivity contribution in [3.05, 3.63) is 30.2 Å². The zero-order valence-corrected chi connectivity index (χ0v) is 11.5. The van der Waals surface area contributed by atoms with Gasteiger partial charge in [0.2, 0.25) is 0 Å². The molecule has 0 aliphatic rings. The summed E-state index contributed by atoms with van der Waals surface area (Å²) in [7, 11) is 0. The van der Waals surface area contributed by atoms with E-state index in [4.69, 9.17) is 9.52 Å². The molecule has 3 N–H and O–H groups in total. The highest BCUT2D eigenvalue weighted by Gasteiger charge is 2.12. The summed E-state index contributed by atoms with van der Waals surface area (Å²) in [5.41, 5.74) is 0.943. The Morgan fingerprint density at radius 1 is 1.33 bits per heavy atom. The number of furan rings is 1. The Morgan fingerprint density at radius 2 is 2.19 bits per heavy atom. The van der Waals surface area contributed by atoms with Crippen molar-refractivity contribution in [1.29, 1.82) is 0 Å². The summed E-state index contributed by atoms with van der Waals surface area (Å²) in [4.78, 5) is 22.2. The minimum atomic E-state index is -0.791. The fourth-order valence-corrected chi connectivity index (χ4v) is 1.87. The first kappa shape index (κ1) is 14.8. The average molecular weight is 291 g/mol. The van der Waals surface area contributed by atoms with E-state index in [-0.39, 0.29) is 12.3 Å². The molecule has 0 unspecified atom stereocenters. The minimum Gasteiger partial charge on any atom is -0.481 e. The van der Waals surface area contributed by atoms with E-state index >= 15 is 0 Å². The topological polar surface area (TPSA) is 108 Å². The van der Waals surface area contributed by atoms with Crippen molar-refractivity contribution in [2.45, 2.75) is 25.7 Å². The van der Waals surface area contributed by atoms with Crippen molar-refractivity contribution in [3.8, 4) is 11.5 Å². The second-order valence-electron chi connectivity index (χ2n) is 4.60. The molecular formula is C14H17N3O4. The van der Waals surface area contributed by atoms with Gasteiger partial charge in [0.05, 0.1) is 6.26 Å². The molecule has 0 saturated carbocycles. The highest BCUT2D eigenvalue weighted by molar-refractivity contribution is 5.93. The van der Waals surface area contributed by atoms with Crippen molar-refractivity contribution in [3.63, 3.8) is 0 Å². The number of nitrogens with one attached hydrogen (secondary N) is 2. The van der Waals surface area contributed by atoms with Gasteiger partial charge in [-0.15, -0.1) is 0 Å². The van der Waals surface area contributed by atoms with Crippen LogP contribution in [0, 0.1) is 0 Å². The monoisotopic (exact) mass is 291 g/mol. The Kier molecular flexibility index (Phi) is 5.14. The van der Waals surface area contributed by atoms with Crippen molar-refractivity contribution < 1.29 is 19.1 Å². The van der Waals surface area contributed by atoms with Crippen LogP contribution in [-0.4, -0.2) is 33.7 Å². The van der Waals surface area contributed by atoms with Crippen LogP contribution in [0.25, 0.3) is 11.5 Å². The fourth-order valence-electron chi connectivity index (χ4n) is 1.87. The molecule has 7 heteroatoms. The van der Waals surface area contributed by atoms with Crippen molar-refractivity contribution in [2.75, 3.05) is 6.54 Å². The van der Waals surface area contributed by atoms with E-state index in [9.17, 15) is 9.59 Å². The van der Waals surface area contributed by atoms with Gasteiger partial charge in [0, 0.05) is 19.0 Å². The number of hydrogen-bond acceptors (Lipinski definition) is 4. The molecule has 2 rings (SSSR count). The van der Waals surface area contributed by atoms with Gasteiger partial charge < -0.3 is 14.8 Å². The third kappa shape index (κ3) is 4.48. The maximum absolute atomic E-state index is 11.9. The van der Waals surface area contributed by atoms with Crippen molar-refractivity contribution in [1.82, 2.24) is 15.5 Å². The molecule has 0 aliphatic heterocycles. The summed E-state index contributed by atoms with van der Waals surface area (Å²) in [5, 5.41) is 17.9. The highest BCUT2D eigenvalue weighted by atomic mass is 16.4. The van der Waals surface area contributed by atoms with Crippen LogP contribution in [0.15, 0.2) is 28.9 Å². The Morgan fingerprint density at radius 3 is 2.90 bits per heavy atom. The van der Waals surface area contributed by atoms with Crippen LogP contribution in [-0.2, 0) is 4.79 Å². The number of rotatable bonds is 8. The molecule has 112 valence electrons. The third-order valence-electron chi connectivity index (χ3n) is 2.95. The number of carboxylic acids is 1. The molecule has 0 radical (unpaired) electrons. The molecule has 0 aromatic carbocycles. The average Bonchev–Trinajstić information content (AvgIpc) is 3.11. The van der Waals surface area contributed by atoms with E-state index in [1.54, 1.807) is 24.5 Å². The number of hydrogen-bond donors (Lipinski definition) is 3. The number of aromatic nitrogens is 2. The van der Waals surface area contributed by atoms with Gasteiger partial charge in [-0.3, -0.25) is 14.7 Å². The molecule has 0 bridgehead atoms. The molecule has 2 aromatic heterocycles. The van der Waals surface area contributed by atoms with E-state index in [0.717, 1.165) is 12.8 Å². The summed E-state index contributed by atoms with van der Waals surface area (Å²) in [6.07, 6.45) is 3.85. The number of carbonyl (C=O) groups is 2.